The topological polar surface area (TPSA) is 15.3 Å². The fourth-order valence-corrected chi connectivity index (χ4v) is 2.96. The summed E-state index contributed by atoms with van der Waals surface area (Å²) in [6.45, 7) is 6.94. The Bertz CT molecular complexity index is 179. The standard InChI is InChI=1S/C14H30N2/c1-13(2)15-11-14(12-16(3)4)9-7-5-6-8-10-14/h13,15H,5-12H2,1-4H3. The third-order valence-corrected chi connectivity index (χ3v) is 3.70. The lowest BCUT2D eigenvalue weighted by atomic mass is 9.79. The van der Waals surface area contributed by atoms with Gasteiger partial charge >= 0.3 is 0 Å². The maximum Gasteiger partial charge on any atom is 0.00440 e. The van der Waals surface area contributed by atoms with E-state index in [1.807, 2.05) is 0 Å². The largest absolute Gasteiger partial charge is 0.314 e. The molecule has 2 nitrogen and oxygen atoms in total. The van der Waals surface area contributed by atoms with Crippen molar-refractivity contribution >= 4 is 0 Å². The lowest BCUT2D eigenvalue weighted by Crippen LogP contribution is -2.43. The predicted octanol–water partition coefficient (Wildman–Crippen LogP) is 2.89. The van der Waals surface area contributed by atoms with E-state index in [1.54, 1.807) is 0 Å². The molecule has 0 aromatic carbocycles. The van der Waals surface area contributed by atoms with E-state index < -0.39 is 0 Å². The molecule has 0 heterocycles. The molecule has 0 atom stereocenters. The Hall–Kier alpha value is -0.0800. The zero-order chi connectivity index (χ0) is 12.0. The third kappa shape index (κ3) is 4.84. The van der Waals surface area contributed by atoms with Crippen LogP contribution in [0.4, 0.5) is 0 Å². The summed E-state index contributed by atoms with van der Waals surface area (Å²) in [7, 11) is 4.42. The molecule has 0 aliphatic heterocycles. The van der Waals surface area contributed by atoms with Crippen LogP contribution in [0.5, 0.6) is 0 Å². The highest BCUT2D eigenvalue weighted by Gasteiger charge is 2.31. The van der Waals surface area contributed by atoms with Crippen LogP contribution in [0.15, 0.2) is 0 Å². The number of nitrogens with one attached hydrogen (secondary N) is 1. The molecule has 1 aliphatic carbocycles. The SMILES string of the molecule is CC(C)NCC1(CN(C)C)CCCCCC1. The van der Waals surface area contributed by atoms with Gasteiger partial charge in [-0.25, -0.2) is 0 Å². The minimum atomic E-state index is 0.532. The first kappa shape index (κ1) is 14.0. The molecule has 0 radical (unpaired) electrons. The van der Waals surface area contributed by atoms with Gasteiger partial charge in [0.15, 0.2) is 0 Å². The van der Waals surface area contributed by atoms with Gasteiger partial charge < -0.3 is 10.2 Å². The van der Waals surface area contributed by atoms with Crippen LogP contribution in [0.3, 0.4) is 0 Å². The lowest BCUT2D eigenvalue weighted by Gasteiger charge is -2.36. The van der Waals surface area contributed by atoms with Crippen molar-refractivity contribution in [2.24, 2.45) is 5.41 Å². The minimum absolute atomic E-state index is 0.532. The molecule has 1 aliphatic rings. The molecule has 16 heavy (non-hydrogen) atoms. The van der Waals surface area contributed by atoms with Crippen LogP contribution in [0.1, 0.15) is 52.4 Å². The highest BCUT2D eigenvalue weighted by atomic mass is 15.1. The third-order valence-electron chi connectivity index (χ3n) is 3.70. The van der Waals surface area contributed by atoms with Crippen LogP contribution in [0, 0.1) is 5.41 Å². The van der Waals surface area contributed by atoms with Crippen LogP contribution >= 0.6 is 0 Å². The average molecular weight is 226 g/mol. The molecule has 0 saturated heterocycles. The quantitative estimate of drug-likeness (QED) is 0.725. The number of rotatable bonds is 5. The van der Waals surface area contributed by atoms with E-state index in [9.17, 15) is 0 Å². The smallest absolute Gasteiger partial charge is 0.00440 e. The first-order chi connectivity index (χ1) is 7.54. The molecule has 0 spiro atoms. The van der Waals surface area contributed by atoms with Gasteiger partial charge in [-0.1, -0.05) is 39.5 Å². The van der Waals surface area contributed by atoms with Crippen molar-refractivity contribution in [1.29, 1.82) is 0 Å². The van der Waals surface area contributed by atoms with Crippen LogP contribution in [-0.4, -0.2) is 38.1 Å². The van der Waals surface area contributed by atoms with Crippen LogP contribution in [0.25, 0.3) is 0 Å². The Morgan fingerprint density at radius 2 is 1.62 bits per heavy atom. The molecular formula is C14H30N2. The van der Waals surface area contributed by atoms with E-state index in [2.05, 4.69) is 38.2 Å². The molecule has 1 fully saturated rings. The Labute approximate surface area is 102 Å². The molecule has 1 saturated carbocycles. The highest BCUT2D eigenvalue weighted by Crippen LogP contribution is 2.35. The average Bonchev–Trinajstić information content (AvgIpc) is 2.40. The van der Waals surface area contributed by atoms with Crippen LogP contribution < -0.4 is 5.32 Å². The predicted molar refractivity (Wildman–Crippen MR) is 71.8 cm³/mol. The first-order valence-corrected chi connectivity index (χ1v) is 6.92. The van der Waals surface area contributed by atoms with E-state index in [0.29, 0.717) is 11.5 Å². The number of hydrogen-bond acceptors (Lipinski definition) is 2. The fourth-order valence-electron chi connectivity index (χ4n) is 2.96. The summed E-state index contributed by atoms with van der Waals surface area (Å²) < 4.78 is 0. The number of nitrogens with zero attached hydrogens (tertiary/aromatic N) is 1. The lowest BCUT2D eigenvalue weighted by molar-refractivity contribution is 0.160. The zero-order valence-electron chi connectivity index (χ0n) is 11.7. The van der Waals surface area contributed by atoms with Crippen molar-refractivity contribution in [2.75, 3.05) is 27.2 Å². The van der Waals surface area contributed by atoms with E-state index >= 15 is 0 Å². The van der Waals surface area contributed by atoms with E-state index in [0.717, 1.165) is 0 Å². The van der Waals surface area contributed by atoms with Gasteiger partial charge in [-0.2, -0.15) is 0 Å². The second-order valence-electron chi connectivity index (χ2n) is 6.19. The van der Waals surface area contributed by atoms with Gasteiger partial charge in [-0.05, 0) is 32.4 Å². The molecule has 1 rings (SSSR count). The Balaban J connectivity index is 2.57. The van der Waals surface area contributed by atoms with E-state index in [-0.39, 0.29) is 0 Å². The molecule has 0 unspecified atom stereocenters. The summed E-state index contributed by atoms with van der Waals surface area (Å²) in [5.74, 6) is 0. The zero-order valence-corrected chi connectivity index (χ0v) is 11.7. The Morgan fingerprint density at radius 3 is 2.06 bits per heavy atom. The van der Waals surface area contributed by atoms with Gasteiger partial charge in [0.25, 0.3) is 0 Å². The van der Waals surface area contributed by atoms with Crippen molar-refractivity contribution < 1.29 is 0 Å². The summed E-state index contributed by atoms with van der Waals surface area (Å²) in [5, 5.41) is 3.66. The molecule has 1 N–H and O–H groups in total. The maximum absolute atomic E-state index is 3.66. The van der Waals surface area contributed by atoms with Gasteiger partial charge in [0.05, 0.1) is 0 Å². The Morgan fingerprint density at radius 1 is 1.06 bits per heavy atom. The molecule has 0 aromatic heterocycles. The van der Waals surface area contributed by atoms with Crippen LogP contribution in [-0.2, 0) is 0 Å². The second-order valence-corrected chi connectivity index (χ2v) is 6.19. The molecule has 96 valence electrons. The summed E-state index contributed by atoms with van der Waals surface area (Å²) in [6, 6.07) is 0.613. The fraction of sp³-hybridized carbons (Fsp3) is 1.00. The maximum atomic E-state index is 3.66. The molecule has 0 bridgehead atoms. The normalized spacial score (nSPS) is 21.4. The molecule has 0 aromatic rings. The minimum Gasteiger partial charge on any atom is -0.314 e. The molecule has 2 heteroatoms. The summed E-state index contributed by atoms with van der Waals surface area (Å²) in [5.41, 5.74) is 0.532. The van der Waals surface area contributed by atoms with Crippen molar-refractivity contribution in [3.63, 3.8) is 0 Å². The Kier molecular flexibility index (Phi) is 5.77. The molecule has 0 amide bonds. The van der Waals surface area contributed by atoms with Gasteiger partial charge in [0.1, 0.15) is 0 Å². The van der Waals surface area contributed by atoms with Gasteiger partial charge in [-0.3, -0.25) is 0 Å². The highest BCUT2D eigenvalue weighted by molar-refractivity contribution is 4.86. The second kappa shape index (κ2) is 6.61. The van der Waals surface area contributed by atoms with Gasteiger partial charge in [0, 0.05) is 19.1 Å². The molecular weight excluding hydrogens is 196 g/mol. The monoisotopic (exact) mass is 226 g/mol. The van der Waals surface area contributed by atoms with Crippen LogP contribution in [0.2, 0.25) is 0 Å². The first-order valence-electron chi connectivity index (χ1n) is 6.92. The number of hydrogen-bond donors (Lipinski definition) is 1. The van der Waals surface area contributed by atoms with Crippen molar-refractivity contribution in [1.82, 2.24) is 10.2 Å². The van der Waals surface area contributed by atoms with E-state index in [1.165, 1.54) is 51.6 Å². The van der Waals surface area contributed by atoms with Crippen molar-refractivity contribution in [3.8, 4) is 0 Å². The van der Waals surface area contributed by atoms with E-state index in [4.69, 9.17) is 0 Å². The van der Waals surface area contributed by atoms with Gasteiger partial charge in [0.2, 0.25) is 0 Å². The van der Waals surface area contributed by atoms with Crippen molar-refractivity contribution in [2.45, 2.75) is 58.4 Å². The summed E-state index contributed by atoms with van der Waals surface area (Å²) in [4.78, 5) is 2.37. The van der Waals surface area contributed by atoms with Crippen molar-refractivity contribution in [3.05, 3.63) is 0 Å². The van der Waals surface area contributed by atoms with Gasteiger partial charge in [-0.15, -0.1) is 0 Å². The summed E-state index contributed by atoms with van der Waals surface area (Å²) >= 11 is 0. The summed E-state index contributed by atoms with van der Waals surface area (Å²) in [6.07, 6.45) is 8.55.